The Morgan fingerprint density at radius 1 is 1.00 bits per heavy atom. The molecule has 3 nitrogen and oxygen atoms in total. The predicted octanol–water partition coefficient (Wildman–Crippen LogP) is 4.26. The van der Waals surface area contributed by atoms with Crippen molar-refractivity contribution in [3.63, 3.8) is 0 Å². The van der Waals surface area contributed by atoms with E-state index in [1.807, 2.05) is 30.3 Å². The van der Waals surface area contributed by atoms with Gasteiger partial charge >= 0.3 is 0 Å². The monoisotopic (exact) mass is 332 g/mol. The molecule has 0 saturated carbocycles. The third kappa shape index (κ3) is 4.83. The van der Waals surface area contributed by atoms with Crippen LogP contribution in [0.25, 0.3) is 0 Å². The van der Waals surface area contributed by atoms with Crippen LogP contribution in [0.3, 0.4) is 0 Å². The SMILES string of the molecule is CCS(=O)(=O)c1ccc(COc2ccccc2CC(C)C)cc1. The minimum atomic E-state index is -3.14. The predicted molar refractivity (Wildman–Crippen MR) is 93.5 cm³/mol. The highest BCUT2D eigenvalue weighted by atomic mass is 32.2. The number of hydrogen-bond donors (Lipinski definition) is 0. The molecule has 0 radical (unpaired) electrons. The summed E-state index contributed by atoms with van der Waals surface area (Å²) in [6.07, 6.45) is 0.976. The van der Waals surface area contributed by atoms with Gasteiger partial charge in [0.15, 0.2) is 9.84 Å². The van der Waals surface area contributed by atoms with Crippen molar-refractivity contribution >= 4 is 9.84 Å². The Morgan fingerprint density at radius 2 is 1.65 bits per heavy atom. The first kappa shape index (κ1) is 17.5. The lowest BCUT2D eigenvalue weighted by Crippen LogP contribution is -2.04. The van der Waals surface area contributed by atoms with Crippen molar-refractivity contribution < 1.29 is 13.2 Å². The van der Waals surface area contributed by atoms with Gasteiger partial charge < -0.3 is 4.74 Å². The Balaban J connectivity index is 2.07. The molecule has 0 bridgehead atoms. The Hall–Kier alpha value is -1.81. The fourth-order valence-electron chi connectivity index (χ4n) is 2.37. The highest BCUT2D eigenvalue weighted by Crippen LogP contribution is 2.22. The van der Waals surface area contributed by atoms with Gasteiger partial charge in [0.25, 0.3) is 0 Å². The summed E-state index contributed by atoms with van der Waals surface area (Å²) in [6, 6.07) is 15.0. The second kappa shape index (κ2) is 7.64. The third-order valence-corrected chi connectivity index (χ3v) is 5.41. The van der Waals surface area contributed by atoms with E-state index in [0.717, 1.165) is 17.7 Å². The first-order chi connectivity index (χ1) is 10.9. The van der Waals surface area contributed by atoms with Crippen molar-refractivity contribution in [2.24, 2.45) is 5.92 Å². The first-order valence-electron chi connectivity index (χ1n) is 7.94. The Kier molecular flexibility index (Phi) is 5.83. The molecule has 0 fully saturated rings. The van der Waals surface area contributed by atoms with Crippen LogP contribution in [0.5, 0.6) is 5.75 Å². The molecular weight excluding hydrogens is 308 g/mol. The van der Waals surface area contributed by atoms with Crippen LogP contribution in [-0.4, -0.2) is 14.2 Å². The van der Waals surface area contributed by atoms with Gasteiger partial charge in [-0.25, -0.2) is 8.42 Å². The average molecular weight is 332 g/mol. The van der Waals surface area contributed by atoms with Crippen molar-refractivity contribution in [1.82, 2.24) is 0 Å². The number of para-hydroxylation sites is 1. The molecule has 0 atom stereocenters. The van der Waals surface area contributed by atoms with Gasteiger partial charge in [-0.1, -0.05) is 51.1 Å². The van der Waals surface area contributed by atoms with Crippen molar-refractivity contribution in [2.45, 2.75) is 38.7 Å². The fourth-order valence-corrected chi connectivity index (χ4v) is 3.26. The van der Waals surface area contributed by atoms with Crippen LogP contribution in [0.4, 0.5) is 0 Å². The molecule has 0 aliphatic rings. The summed E-state index contributed by atoms with van der Waals surface area (Å²) in [5, 5.41) is 0. The lowest BCUT2D eigenvalue weighted by atomic mass is 10.0. The zero-order valence-electron chi connectivity index (χ0n) is 14.0. The van der Waals surface area contributed by atoms with Crippen molar-refractivity contribution in [3.8, 4) is 5.75 Å². The van der Waals surface area contributed by atoms with Gasteiger partial charge in [0.05, 0.1) is 10.6 Å². The van der Waals surface area contributed by atoms with E-state index in [1.165, 1.54) is 5.56 Å². The molecule has 124 valence electrons. The summed E-state index contributed by atoms with van der Waals surface area (Å²) < 4.78 is 29.5. The highest BCUT2D eigenvalue weighted by Gasteiger charge is 2.11. The van der Waals surface area contributed by atoms with E-state index in [-0.39, 0.29) is 5.75 Å². The van der Waals surface area contributed by atoms with Gasteiger partial charge in [-0.3, -0.25) is 0 Å². The normalized spacial score (nSPS) is 11.7. The van der Waals surface area contributed by atoms with Crippen LogP contribution in [0.2, 0.25) is 0 Å². The Morgan fingerprint density at radius 3 is 2.26 bits per heavy atom. The van der Waals surface area contributed by atoms with Gasteiger partial charge in [-0.05, 0) is 41.7 Å². The van der Waals surface area contributed by atoms with Crippen LogP contribution in [0.15, 0.2) is 53.4 Å². The van der Waals surface area contributed by atoms with E-state index in [9.17, 15) is 8.42 Å². The molecule has 0 unspecified atom stereocenters. The zero-order chi connectivity index (χ0) is 16.9. The molecule has 0 heterocycles. The molecule has 2 rings (SSSR count). The average Bonchev–Trinajstić information content (AvgIpc) is 2.54. The molecule has 2 aromatic rings. The molecule has 0 amide bonds. The summed E-state index contributed by atoms with van der Waals surface area (Å²) in [5.41, 5.74) is 2.16. The largest absolute Gasteiger partial charge is 0.489 e. The molecule has 0 aliphatic heterocycles. The van der Waals surface area contributed by atoms with E-state index < -0.39 is 9.84 Å². The first-order valence-corrected chi connectivity index (χ1v) is 9.60. The maximum atomic E-state index is 11.8. The molecule has 2 aromatic carbocycles. The van der Waals surface area contributed by atoms with Gasteiger partial charge in [-0.15, -0.1) is 0 Å². The molecule has 23 heavy (non-hydrogen) atoms. The van der Waals surface area contributed by atoms with E-state index >= 15 is 0 Å². The van der Waals surface area contributed by atoms with Crippen LogP contribution in [-0.2, 0) is 22.9 Å². The minimum Gasteiger partial charge on any atom is -0.489 e. The summed E-state index contributed by atoms with van der Waals surface area (Å²) in [6.45, 7) is 6.45. The summed E-state index contributed by atoms with van der Waals surface area (Å²) in [4.78, 5) is 0.365. The second-order valence-electron chi connectivity index (χ2n) is 6.04. The number of benzene rings is 2. The zero-order valence-corrected chi connectivity index (χ0v) is 14.8. The van der Waals surface area contributed by atoms with E-state index in [0.29, 0.717) is 17.4 Å². The Labute approximate surface area is 139 Å². The Bertz CT molecular complexity index is 731. The lowest BCUT2D eigenvalue weighted by molar-refractivity contribution is 0.301. The number of rotatable bonds is 7. The maximum Gasteiger partial charge on any atom is 0.178 e. The molecule has 0 saturated heterocycles. The van der Waals surface area contributed by atoms with E-state index in [4.69, 9.17) is 4.74 Å². The number of ether oxygens (including phenoxy) is 1. The maximum absolute atomic E-state index is 11.8. The van der Waals surface area contributed by atoms with Crippen molar-refractivity contribution in [1.29, 1.82) is 0 Å². The molecule has 0 N–H and O–H groups in total. The van der Waals surface area contributed by atoms with Gasteiger partial charge in [0, 0.05) is 0 Å². The van der Waals surface area contributed by atoms with Crippen LogP contribution in [0.1, 0.15) is 31.9 Å². The molecule has 0 spiro atoms. The van der Waals surface area contributed by atoms with E-state index in [2.05, 4.69) is 19.9 Å². The number of sulfone groups is 1. The van der Waals surface area contributed by atoms with Gasteiger partial charge in [0.1, 0.15) is 12.4 Å². The van der Waals surface area contributed by atoms with Crippen LogP contribution in [0, 0.1) is 5.92 Å². The lowest BCUT2D eigenvalue weighted by Gasteiger charge is -2.13. The van der Waals surface area contributed by atoms with E-state index in [1.54, 1.807) is 19.1 Å². The molecule has 0 aliphatic carbocycles. The molecule has 4 heteroatoms. The van der Waals surface area contributed by atoms with Crippen molar-refractivity contribution in [2.75, 3.05) is 5.75 Å². The minimum absolute atomic E-state index is 0.116. The summed E-state index contributed by atoms with van der Waals surface area (Å²) >= 11 is 0. The number of hydrogen-bond acceptors (Lipinski definition) is 3. The van der Waals surface area contributed by atoms with Gasteiger partial charge in [0.2, 0.25) is 0 Å². The summed E-state index contributed by atoms with van der Waals surface area (Å²) in [5.74, 6) is 1.58. The topological polar surface area (TPSA) is 43.4 Å². The van der Waals surface area contributed by atoms with Crippen LogP contribution >= 0.6 is 0 Å². The van der Waals surface area contributed by atoms with Crippen molar-refractivity contribution in [3.05, 3.63) is 59.7 Å². The fraction of sp³-hybridized carbons (Fsp3) is 0.368. The third-order valence-electron chi connectivity index (χ3n) is 3.66. The standard InChI is InChI=1S/C19H24O3S/c1-4-23(20,21)18-11-9-16(10-12-18)14-22-19-8-6-5-7-17(19)13-15(2)3/h5-12,15H,4,13-14H2,1-3H3. The molecule has 0 aromatic heterocycles. The second-order valence-corrected chi connectivity index (χ2v) is 8.32. The smallest absolute Gasteiger partial charge is 0.178 e. The van der Waals surface area contributed by atoms with Gasteiger partial charge in [-0.2, -0.15) is 0 Å². The highest BCUT2D eigenvalue weighted by molar-refractivity contribution is 7.91. The summed E-state index contributed by atoms with van der Waals surface area (Å²) in [7, 11) is -3.14. The quantitative estimate of drug-likeness (QED) is 0.761. The van der Waals surface area contributed by atoms with Crippen LogP contribution < -0.4 is 4.74 Å². The molecular formula is C19H24O3S.